The van der Waals surface area contributed by atoms with Crippen molar-refractivity contribution in [3.8, 4) is 9.88 Å². The lowest BCUT2D eigenvalue weighted by Gasteiger charge is -1.98. The maximum Gasteiger partial charge on any atom is 0.206 e. The molecule has 4 nitrogen and oxygen atoms in total. The van der Waals surface area contributed by atoms with Crippen molar-refractivity contribution in [1.29, 1.82) is 0 Å². The van der Waals surface area contributed by atoms with Crippen LogP contribution in [0, 0.1) is 5.92 Å². The van der Waals surface area contributed by atoms with E-state index in [9.17, 15) is 0 Å². The average molecular weight is 308 g/mol. The highest BCUT2D eigenvalue weighted by molar-refractivity contribution is 7.23. The van der Waals surface area contributed by atoms with Crippen LogP contribution < -0.4 is 5.32 Å². The summed E-state index contributed by atoms with van der Waals surface area (Å²) in [4.78, 5) is 6.14. The first-order chi connectivity index (χ1) is 9.67. The molecule has 0 aliphatic heterocycles. The Balaban J connectivity index is 1.91. The first kappa shape index (κ1) is 13.9. The van der Waals surface area contributed by atoms with Gasteiger partial charge >= 0.3 is 0 Å². The molecule has 3 rings (SSSR count). The van der Waals surface area contributed by atoms with E-state index in [1.165, 1.54) is 28.4 Å². The Morgan fingerprint density at radius 3 is 2.70 bits per heavy atom. The molecule has 2 aromatic heterocycles. The molecule has 1 saturated carbocycles. The van der Waals surface area contributed by atoms with Gasteiger partial charge in [0, 0.05) is 18.9 Å². The predicted molar refractivity (Wildman–Crippen MR) is 85.7 cm³/mol. The van der Waals surface area contributed by atoms with Gasteiger partial charge in [0.2, 0.25) is 5.13 Å². The van der Waals surface area contributed by atoms with Crippen LogP contribution in [0.5, 0.6) is 0 Å². The Hall–Kier alpha value is -1.01. The van der Waals surface area contributed by atoms with Crippen molar-refractivity contribution in [2.75, 3.05) is 11.9 Å². The summed E-state index contributed by atoms with van der Waals surface area (Å²) in [5.41, 5.74) is 1.27. The second-order valence-electron chi connectivity index (χ2n) is 5.64. The summed E-state index contributed by atoms with van der Waals surface area (Å²) in [5, 5.41) is 15.0. The molecule has 0 unspecified atom stereocenters. The van der Waals surface area contributed by atoms with E-state index in [-0.39, 0.29) is 0 Å². The van der Waals surface area contributed by atoms with Gasteiger partial charge in [-0.1, -0.05) is 25.2 Å². The van der Waals surface area contributed by atoms with E-state index in [4.69, 9.17) is 4.98 Å². The highest BCUT2D eigenvalue weighted by Crippen LogP contribution is 2.47. The summed E-state index contributed by atoms with van der Waals surface area (Å²) in [5.74, 6) is 1.31. The van der Waals surface area contributed by atoms with E-state index < -0.39 is 0 Å². The molecular weight excluding hydrogens is 288 g/mol. The van der Waals surface area contributed by atoms with Crippen molar-refractivity contribution in [1.82, 2.24) is 15.2 Å². The fourth-order valence-electron chi connectivity index (χ4n) is 2.14. The van der Waals surface area contributed by atoms with Crippen LogP contribution in [0.2, 0.25) is 0 Å². The summed E-state index contributed by atoms with van der Waals surface area (Å²) in [7, 11) is 0. The summed E-state index contributed by atoms with van der Waals surface area (Å²) in [6.45, 7) is 7.44. The molecule has 0 aromatic carbocycles. The van der Waals surface area contributed by atoms with Gasteiger partial charge < -0.3 is 5.32 Å². The van der Waals surface area contributed by atoms with Crippen LogP contribution in [0.4, 0.5) is 5.13 Å². The van der Waals surface area contributed by atoms with Gasteiger partial charge in [0.05, 0.1) is 15.6 Å². The number of anilines is 1. The number of nitrogens with zero attached hydrogens (tertiary/aromatic N) is 3. The highest BCUT2D eigenvalue weighted by atomic mass is 32.1. The zero-order valence-electron chi connectivity index (χ0n) is 12.1. The number of thiazole rings is 1. The molecule has 0 bridgehead atoms. The van der Waals surface area contributed by atoms with E-state index in [2.05, 4.69) is 36.3 Å². The molecule has 2 heterocycles. The molecule has 1 N–H and O–H groups in total. The summed E-state index contributed by atoms with van der Waals surface area (Å²) < 4.78 is 0. The fraction of sp³-hybridized carbons (Fsp3) is 0.643. The van der Waals surface area contributed by atoms with Crippen LogP contribution >= 0.6 is 22.7 Å². The third-order valence-electron chi connectivity index (χ3n) is 3.19. The molecule has 0 spiro atoms. The summed E-state index contributed by atoms with van der Waals surface area (Å²) >= 11 is 3.45. The van der Waals surface area contributed by atoms with Crippen LogP contribution in [0.25, 0.3) is 9.88 Å². The Kier molecular flexibility index (Phi) is 4.03. The third kappa shape index (κ3) is 3.01. The third-order valence-corrected chi connectivity index (χ3v) is 5.32. The van der Waals surface area contributed by atoms with E-state index >= 15 is 0 Å². The largest absolute Gasteiger partial charge is 0.360 e. The number of aromatic nitrogens is 3. The molecule has 0 atom stereocenters. The van der Waals surface area contributed by atoms with Crippen molar-refractivity contribution >= 4 is 27.8 Å². The van der Waals surface area contributed by atoms with Crippen molar-refractivity contribution < 1.29 is 0 Å². The monoisotopic (exact) mass is 308 g/mol. The highest BCUT2D eigenvalue weighted by Gasteiger charge is 2.31. The van der Waals surface area contributed by atoms with Gasteiger partial charge in [0.1, 0.15) is 0 Å². The lowest BCUT2D eigenvalue weighted by atomic mass is 10.1. The SMILES string of the molecule is CCNc1nnc(-c2sc(CC(C)C)nc2C2CC2)s1. The number of rotatable bonds is 6. The minimum Gasteiger partial charge on any atom is -0.360 e. The van der Waals surface area contributed by atoms with E-state index in [0.29, 0.717) is 11.8 Å². The fourth-order valence-corrected chi connectivity index (χ4v) is 4.39. The van der Waals surface area contributed by atoms with Gasteiger partial charge in [0.15, 0.2) is 5.01 Å². The average Bonchev–Trinajstić information content (AvgIpc) is 2.99. The van der Waals surface area contributed by atoms with Crippen LogP contribution in [-0.2, 0) is 6.42 Å². The van der Waals surface area contributed by atoms with Crippen LogP contribution in [-0.4, -0.2) is 21.7 Å². The zero-order chi connectivity index (χ0) is 14.1. The molecule has 20 heavy (non-hydrogen) atoms. The molecule has 0 amide bonds. The Bertz CT molecular complexity index is 584. The lowest BCUT2D eigenvalue weighted by molar-refractivity contribution is 0.643. The second kappa shape index (κ2) is 5.77. The normalized spacial score (nSPS) is 15.0. The Labute approximate surface area is 127 Å². The molecule has 6 heteroatoms. The van der Waals surface area contributed by atoms with Crippen molar-refractivity contribution in [2.45, 2.75) is 46.0 Å². The van der Waals surface area contributed by atoms with E-state index in [0.717, 1.165) is 23.1 Å². The van der Waals surface area contributed by atoms with Crippen LogP contribution in [0.1, 0.15) is 50.2 Å². The summed E-state index contributed by atoms with van der Waals surface area (Å²) in [6.07, 6.45) is 3.61. The number of hydrogen-bond donors (Lipinski definition) is 1. The van der Waals surface area contributed by atoms with E-state index in [1.807, 2.05) is 11.3 Å². The quantitative estimate of drug-likeness (QED) is 0.870. The first-order valence-corrected chi connectivity index (χ1v) is 8.88. The van der Waals surface area contributed by atoms with Crippen molar-refractivity contribution in [3.05, 3.63) is 10.7 Å². The van der Waals surface area contributed by atoms with Gasteiger partial charge in [-0.3, -0.25) is 0 Å². The second-order valence-corrected chi connectivity index (χ2v) is 7.70. The van der Waals surface area contributed by atoms with Gasteiger partial charge in [-0.05, 0) is 25.7 Å². The molecule has 0 radical (unpaired) electrons. The number of nitrogens with one attached hydrogen (secondary N) is 1. The first-order valence-electron chi connectivity index (χ1n) is 7.24. The molecule has 0 saturated heterocycles. The van der Waals surface area contributed by atoms with Gasteiger partial charge in [-0.2, -0.15) is 0 Å². The van der Waals surface area contributed by atoms with Gasteiger partial charge in [-0.25, -0.2) is 4.98 Å². The molecule has 1 aliphatic rings. The predicted octanol–water partition coefficient (Wildman–Crippen LogP) is 4.17. The standard InChI is InChI=1S/C14H20N4S2/c1-4-15-14-18-17-13(20-14)12-11(9-5-6-9)16-10(19-12)7-8(2)3/h8-9H,4-7H2,1-3H3,(H,15,18). The van der Waals surface area contributed by atoms with E-state index in [1.54, 1.807) is 11.3 Å². The lowest BCUT2D eigenvalue weighted by Crippen LogP contribution is -1.94. The maximum absolute atomic E-state index is 4.88. The smallest absolute Gasteiger partial charge is 0.206 e. The molecule has 108 valence electrons. The Morgan fingerprint density at radius 2 is 2.05 bits per heavy atom. The molecular formula is C14H20N4S2. The Morgan fingerprint density at radius 1 is 1.25 bits per heavy atom. The zero-order valence-corrected chi connectivity index (χ0v) is 13.8. The minimum atomic E-state index is 0.646. The summed E-state index contributed by atoms with van der Waals surface area (Å²) in [6, 6.07) is 0. The van der Waals surface area contributed by atoms with Crippen LogP contribution in [0.15, 0.2) is 0 Å². The number of hydrogen-bond acceptors (Lipinski definition) is 6. The van der Waals surface area contributed by atoms with Crippen LogP contribution in [0.3, 0.4) is 0 Å². The van der Waals surface area contributed by atoms with Gasteiger partial charge in [0.25, 0.3) is 0 Å². The van der Waals surface area contributed by atoms with Gasteiger partial charge in [-0.15, -0.1) is 21.5 Å². The molecule has 1 fully saturated rings. The maximum atomic E-state index is 4.88. The molecule has 1 aliphatic carbocycles. The molecule has 2 aromatic rings. The topological polar surface area (TPSA) is 50.7 Å². The van der Waals surface area contributed by atoms with Crippen molar-refractivity contribution in [3.63, 3.8) is 0 Å². The minimum absolute atomic E-state index is 0.646. The van der Waals surface area contributed by atoms with Crippen molar-refractivity contribution in [2.24, 2.45) is 5.92 Å².